The highest BCUT2D eigenvalue weighted by Crippen LogP contribution is 2.31. The van der Waals surface area contributed by atoms with Gasteiger partial charge in [0.2, 0.25) is 5.95 Å². The second-order valence-corrected chi connectivity index (χ2v) is 7.85. The Morgan fingerprint density at radius 3 is 2.25 bits per heavy atom. The molecule has 0 atom stereocenters. The zero-order chi connectivity index (χ0) is 20.1. The Morgan fingerprint density at radius 2 is 1.57 bits per heavy atom. The molecule has 0 aliphatic rings. The van der Waals surface area contributed by atoms with Crippen LogP contribution in [-0.4, -0.2) is 23.2 Å². The summed E-state index contributed by atoms with van der Waals surface area (Å²) in [6.45, 7) is 2.72. The Hall–Kier alpha value is -2.32. The Labute approximate surface area is 180 Å². The summed E-state index contributed by atoms with van der Waals surface area (Å²) >= 11 is 7.03. The highest BCUT2D eigenvalue weighted by atomic mass is 79.9. The molecule has 8 heteroatoms. The molecule has 0 saturated carbocycles. The van der Waals surface area contributed by atoms with Crippen molar-refractivity contribution in [2.75, 3.05) is 24.7 Å². The zero-order valence-electron chi connectivity index (χ0n) is 15.3. The van der Waals surface area contributed by atoms with Crippen LogP contribution in [0, 0.1) is 6.92 Å². The van der Waals surface area contributed by atoms with Crippen LogP contribution in [0.4, 0.5) is 11.8 Å². The maximum atomic E-state index is 5.85. The molecule has 146 valence electrons. The van der Waals surface area contributed by atoms with Crippen molar-refractivity contribution in [1.29, 1.82) is 0 Å². The number of ether oxygens (including phenoxy) is 2. The lowest BCUT2D eigenvalue weighted by Gasteiger charge is -2.12. The van der Waals surface area contributed by atoms with E-state index >= 15 is 0 Å². The lowest BCUT2D eigenvalue weighted by molar-refractivity contribution is 0.245. The third-order valence-corrected chi connectivity index (χ3v) is 5.13. The van der Waals surface area contributed by atoms with Crippen molar-refractivity contribution in [2.45, 2.75) is 13.3 Å². The molecule has 0 bridgehead atoms. The molecule has 1 aromatic heterocycles. The van der Waals surface area contributed by atoms with Gasteiger partial charge in [-0.25, -0.2) is 4.98 Å². The smallest absolute Gasteiger partial charge is 0.222 e. The molecular formula is C20H20Br2N4O2. The van der Waals surface area contributed by atoms with E-state index in [1.54, 1.807) is 6.92 Å². The number of hydrogen-bond acceptors (Lipinski definition) is 6. The monoisotopic (exact) mass is 506 g/mol. The van der Waals surface area contributed by atoms with Gasteiger partial charge in [0.05, 0.1) is 23.4 Å². The largest absolute Gasteiger partial charge is 0.492 e. The number of nitrogen functional groups attached to an aromatic ring is 2. The average Bonchev–Trinajstić information content (AvgIpc) is 2.65. The van der Waals surface area contributed by atoms with E-state index in [0.29, 0.717) is 31.1 Å². The molecule has 6 nitrogen and oxygen atoms in total. The number of nitrogens with zero attached hydrogens (tertiary/aromatic N) is 2. The number of hydrogen-bond donors (Lipinski definition) is 2. The van der Waals surface area contributed by atoms with Crippen LogP contribution in [0.5, 0.6) is 11.5 Å². The van der Waals surface area contributed by atoms with E-state index in [1.807, 2.05) is 30.3 Å². The van der Waals surface area contributed by atoms with E-state index in [2.05, 4.69) is 54.0 Å². The molecule has 0 unspecified atom stereocenters. The van der Waals surface area contributed by atoms with Crippen LogP contribution in [0.3, 0.4) is 0 Å². The van der Waals surface area contributed by atoms with Crippen LogP contribution in [0.15, 0.2) is 51.4 Å². The second kappa shape index (κ2) is 9.25. The second-order valence-electron chi connectivity index (χ2n) is 6.08. The van der Waals surface area contributed by atoms with Gasteiger partial charge in [0.1, 0.15) is 5.75 Å². The third-order valence-electron chi connectivity index (χ3n) is 3.98. The van der Waals surface area contributed by atoms with Gasteiger partial charge in [0.25, 0.3) is 0 Å². The van der Waals surface area contributed by atoms with Crippen molar-refractivity contribution in [1.82, 2.24) is 9.97 Å². The highest BCUT2D eigenvalue weighted by molar-refractivity contribution is 9.10. The number of aryl methyl sites for hydroxylation is 1. The minimum Gasteiger partial charge on any atom is -0.492 e. The lowest BCUT2D eigenvalue weighted by atomic mass is 10.1. The molecule has 2 aromatic carbocycles. The van der Waals surface area contributed by atoms with E-state index in [1.165, 1.54) is 0 Å². The van der Waals surface area contributed by atoms with Crippen molar-refractivity contribution < 1.29 is 9.47 Å². The predicted molar refractivity (Wildman–Crippen MR) is 118 cm³/mol. The van der Waals surface area contributed by atoms with E-state index < -0.39 is 0 Å². The first-order valence-electron chi connectivity index (χ1n) is 8.64. The van der Waals surface area contributed by atoms with Gasteiger partial charge in [-0.2, -0.15) is 4.98 Å². The van der Waals surface area contributed by atoms with Gasteiger partial charge in [-0.3, -0.25) is 0 Å². The molecule has 0 radical (unpaired) electrons. The highest BCUT2D eigenvalue weighted by Gasteiger charge is 2.09. The SMILES string of the molecule is Cc1nc(N)nc(N)c1OCCCOc1ccc(-c2ccc(Br)cc2)cc1Br. The van der Waals surface area contributed by atoms with Crippen LogP contribution in [0.25, 0.3) is 11.1 Å². The number of halogens is 2. The standard InChI is InChI=1S/C20H20Br2N4O2/c1-12-18(19(23)26-20(24)25-12)28-10-2-9-27-17-8-5-14(11-16(17)22)13-3-6-15(21)7-4-13/h3-8,11H,2,9-10H2,1H3,(H4,23,24,25,26). The molecule has 0 saturated heterocycles. The fourth-order valence-electron chi connectivity index (χ4n) is 2.64. The summed E-state index contributed by atoms with van der Waals surface area (Å²) in [4.78, 5) is 7.96. The minimum absolute atomic E-state index is 0.141. The number of rotatable bonds is 7. The van der Waals surface area contributed by atoms with Gasteiger partial charge in [-0.05, 0) is 58.2 Å². The first-order chi connectivity index (χ1) is 13.4. The van der Waals surface area contributed by atoms with E-state index in [9.17, 15) is 0 Å². The van der Waals surface area contributed by atoms with Crippen molar-refractivity contribution in [3.63, 3.8) is 0 Å². The average molecular weight is 508 g/mol. The van der Waals surface area contributed by atoms with Crippen LogP contribution in [0.2, 0.25) is 0 Å². The Kier molecular flexibility index (Phi) is 6.74. The van der Waals surface area contributed by atoms with Crippen molar-refractivity contribution >= 4 is 43.6 Å². The van der Waals surface area contributed by atoms with Crippen LogP contribution in [0.1, 0.15) is 12.1 Å². The molecule has 0 spiro atoms. The Bertz CT molecular complexity index is 942. The molecule has 3 aromatic rings. The molecule has 0 aliphatic carbocycles. The first kappa shape index (κ1) is 20.4. The predicted octanol–water partition coefficient (Wildman–Crippen LogP) is 4.99. The third kappa shape index (κ3) is 5.14. The molecule has 3 rings (SSSR count). The fourth-order valence-corrected chi connectivity index (χ4v) is 3.40. The van der Waals surface area contributed by atoms with E-state index in [4.69, 9.17) is 20.9 Å². The van der Waals surface area contributed by atoms with Crippen molar-refractivity contribution in [3.05, 3.63) is 57.1 Å². The van der Waals surface area contributed by atoms with Gasteiger partial charge in [-0.15, -0.1) is 0 Å². The summed E-state index contributed by atoms with van der Waals surface area (Å²) in [5.41, 5.74) is 14.3. The number of anilines is 2. The maximum Gasteiger partial charge on any atom is 0.222 e. The van der Waals surface area contributed by atoms with Gasteiger partial charge >= 0.3 is 0 Å². The summed E-state index contributed by atoms with van der Waals surface area (Å²) < 4.78 is 13.5. The van der Waals surface area contributed by atoms with E-state index in [-0.39, 0.29) is 11.8 Å². The summed E-state index contributed by atoms with van der Waals surface area (Å²) in [5, 5.41) is 0. The number of benzene rings is 2. The molecule has 1 heterocycles. The summed E-state index contributed by atoms with van der Waals surface area (Å²) in [6.07, 6.45) is 0.685. The summed E-state index contributed by atoms with van der Waals surface area (Å²) in [5.74, 6) is 1.64. The topological polar surface area (TPSA) is 96.3 Å². The Balaban J connectivity index is 1.52. The molecule has 0 amide bonds. The first-order valence-corrected chi connectivity index (χ1v) is 10.2. The van der Waals surface area contributed by atoms with Gasteiger partial charge in [0, 0.05) is 10.9 Å². The van der Waals surface area contributed by atoms with Gasteiger partial charge < -0.3 is 20.9 Å². The zero-order valence-corrected chi connectivity index (χ0v) is 18.5. The minimum atomic E-state index is 0.141. The molecule has 28 heavy (non-hydrogen) atoms. The van der Waals surface area contributed by atoms with Crippen LogP contribution < -0.4 is 20.9 Å². The number of nitrogens with two attached hydrogens (primary N) is 2. The Morgan fingerprint density at radius 1 is 0.893 bits per heavy atom. The molecule has 0 fully saturated rings. The van der Waals surface area contributed by atoms with Gasteiger partial charge in [0.15, 0.2) is 11.6 Å². The van der Waals surface area contributed by atoms with Crippen molar-refractivity contribution in [3.8, 4) is 22.6 Å². The molecule has 4 N–H and O–H groups in total. The number of aromatic nitrogens is 2. The summed E-state index contributed by atoms with van der Waals surface area (Å²) in [6, 6.07) is 14.2. The summed E-state index contributed by atoms with van der Waals surface area (Å²) in [7, 11) is 0. The quantitative estimate of drug-likeness (QED) is 0.437. The van der Waals surface area contributed by atoms with Crippen LogP contribution >= 0.6 is 31.9 Å². The van der Waals surface area contributed by atoms with E-state index in [0.717, 1.165) is 25.8 Å². The fraction of sp³-hybridized carbons (Fsp3) is 0.200. The van der Waals surface area contributed by atoms with Gasteiger partial charge in [-0.1, -0.05) is 34.1 Å². The van der Waals surface area contributed by atoms with Crippen LogP contribution in [-0.2, 0) is 0 Å². The maximum absolute atomic E-state index is 5.85. The lowest BCUT2D eigenvalue weighted by Crippen LogP contribution is -2.10. The van der Waals surface area contributed by atoms with Crippen molar-refractivity contribution in [2.24, 2.45) is 0 Å². The molecular weight excluding hydrogens is 488 g/mol. The molecule has 0 aliphatic heterocycles. The normalized spacial score (nSPS) is 10.7.